The SMILES string of the molecule is CC(Cc1ccc(F)cc1)NCc1ncncc1C(=O)O. The highest BCUT2D eigenvalue weighted by molar-refractivity contribution is 5.88. The lowest BCUT2D eigenvalue weighted by Gasteiger charge is -2.14. The highest BCUT2D eigenvalue weighted by Crippen LogP contribution is 2.07. The van der Waals surface area contributed by atoms with Gasteiger partial charge in [0.2, 0.25) is 0 Å². The molecule has 1 atom stereocenters. The van der Waals surface area contributed by atoms with Crippen LogP contribution < -0.4 is 5.32 Å². The molecule has 2 N–H and O–H groups in total. The van der Waals surface area contributed by atoms with E-state index in [9.17, 15) is 9.18 Å². The van der Waals surface area contributed by atoms with Crippen molar-refractivity contribution in [2.45, 2.75) is 25.9 Å². The molecule has 1 aromatic heterocycles. The standard InChI is InChI=1S/C15H16FN3O2/c1-10(6-11-2-4-12(16)5-3-11)18-8-14-13(15(20)21)7-17-9-19-14/h2-5,7,9-10,18H,6,8H2,1H3,(H,20,21). The van der Waals surface area contributed by atoms with Crippen molar-refractivity contribution in [1.82, 2.24) is 15.3 Å². The van der Waals surface area contributed by atoms with Crippen LogP contribution in [0.2, 0.25) is 0 Å². The summed E-state index contributed by atoms with van der Waals surface area (Å²) >= 11 is 0. The highest BCUT2D eigenvalue weighted by atomic mass is 19.1. The molecule has 1 heterocycles. The van der Waals surface area contributed by atoms with Crippen molar-refractivity contribution in [3.8, 4) is 0 Å². The topological polar surface area (TPSA) is 75.1 Å². The molecule has 21 heavy (non-hydrogen) atoms. The van der Waals surface area contributed by atoms with E-state index in [1.165, 1.54) is 24.7 Å². The Morgan fingerprint density at radius 1 is 1.38 bits per heavy atom. The van der Waals surface area contributed by atoms with Crippen LogP contribution in [0.25, 0.3) is 0 Å². The molecule has 1 aromatic carbocycles. The van der Waals surface area contributed by atoms with Gasteiger partial charge in [-0.25, -0.2) is 19.2 Å². The number of benzene rings is 1. The van der Waals surface area contributed by atoms with E-state index >= 15 is 0 Å². The van der Waals surface area contributed by atoms with E-state index in [-0.39, 0.29) is 17.4 Å². The van der Waals surface area contributed by atoms with Crippen molar-refractivity contribution in [1.29, 1.82) is 0 Å². The van der Waals surface area contributed by atoms with E-state index in [1.54, 1.807) is 12.1 Å². The summed E-state index contributed by atoms with van der Waals surface area (Å²) in [4.78, 5) is 18.7. The monoisotopic (exact) mass is 289 g/mol. The summed E-state index contributed by atoms with van der Waals surface area (Å²) in [6, 6.07) is 6.43. The van der Waals surface area contributed by atoms with Crippen LogP contribution >= 0.6 is 0 Å². The lowest BCUT2D eigenvalue weighted by molar-refractivity contribution is 0.0694. The third kappa shape index (κ3) is 4.32. The van der Waals surface area contributed by atoms with Crippen molar-refractivity contribution in [3.63, 3.8) is 0 Å². The first kappa shape index (κ1) is 15.1. The number of aromatic carboxylic acids is 1. The van der Waals surface area contributed by atoms with Crippen LogP contribution in [0.15, 0.2) is 36.8 Å². The first-order valence-electron chi connectivity index (χ1n) is 6.56. The van der Waals surface area contributed by atoms with E-state index in [0.29, 0.717) is 18.7 Å². The molecular weight excluding hydrogens is 273 g/mol. The molecule has 0 radical (unpaired) electrons. The Morgan fingerprint density at radius 2 is 2.10 bits per heavy atom. The van der Waals surface area contributed by atoms with E-state index in [2.05, 4.69) is 15.3 Å². The molecule has 6 heteroatoms. The quantitative estimate of drug-likeness (QED) is 0.851. The average molecular weight is 289 g/mol. The van der Waals surface area contributed by atoms with Crippen LogP contribution in [0.4, 0.5) is 4.39 Å². The van der Waals surface area contributed by atoms with Crippen LogP contribution in [-0.2, 0) is 13.0 Å². The number of carbonyl (C=O) groups is 1. The fourth-order valence-electron chi connectivity index (χ4n) is 1.99. The van der Waals surface area contributed by atoms with Crippen LogP contribution in [-0.4, -0.2) is 27.1 Å². The van der Waals surface area contributed by atoms with E-state index in [1.807, 2.05) is 6.92 Å². The van der Waals surface area contributed by atoms with Gasteiger partial charge in [-0.3, -0.25) is 0 Å². The number of halogens is 1. The maximum absolute atomic E-state index is 12.8. The van der Waals surface area contributed by atoms with Crippen LogP contribution in [0, 0.1) is 5.82 Å². The number of hydrogen-bond acceptors (Lipinski definition) is 4. The smallest absolute Gasteiger partial charge is 0.339 e. The Bertz CT molecular complexity index is 617. The minimum Gasteiger partial charge on any atom is -0.478 e. The molecule has 0 aliphatic heterocycles. The zero-order chi connectivity index (χ0) is 15.2. The second-order valence-electron chi connectivity index (χ2n) is 4.80. The second-order valence-corrected chi connectivity index (χ2v) is 4.80. The van der Waals surface area contributed by atoms with Gasteiger partial charge in [-0.05, 0) is 31.0 Å². The number of hydrogen-bond donors (Lipinski definition) is 2. The maximum Gasteiger partial charge on any atom is 0.339 e. The van der Waals surface area contributed by atoms with Crippen molar-refractivity contribution in [2.24, 2.45) is 0 Å². The van der Waals surface area contributed by atoms with Gasteiger partial charge in [-0.1, -0.05) is 12.1 Å². The number of nitrogens with zero attached hydrogens (tertiary/aromatic N) is 2. The zero-order valence-corrected chi connectivity index (χ0v) is 11.6. The van der Waals surface area contributed by atoms with E-state index in [0.717, 1.165) is 5.56 Å². The van der Waals surface area contributed by atoms with Gasteiger partial charge in [-0.15, -0.1) is 0 Å². The lowest BCUT2D eigenvalue weighted by Crippen LogP contribution is -2.28. The third-order valence-electron chi connectivity index (χ3n) is 3.10. The number of nitrogens with one attached hydrogen (secondary N) is 1. The van der Waals surface area contributed by atoms with Gasteiger partial charge in [0.05, 0.1) is 5.69 Å². The van der Waals surface area contributed by atoms with Crippen LogP contribution in [0.3, 0.4) is 0 Å². The largest absolute Gasteiger partial charge is 0.478 e. The summed E-state index contributed by atoms with van der Waals surface area (Å²) in [7, 11) is 0. The van der Waals surface area contributed by atoms with Crippen molar-refractivity contribution in [3.05, 3.63) is 59.4 Å². The average Bonchev–Trinajstić information content (AvgIpc) is 2.48. The molecule has 2 rings (SSSR count). The minimum atomic E-state index is -1.04. The van der Waals surface area contributed by atoms with Gasteiger partial charge in [0, 0.05) is 18.8 Å². The number of carboxylic acids is 1. The second kappa shape index (κ2) is 6.90. The summed E-state index contributed by atoms with van der Waals surface area (Å²) in [6.45, 7) is 2.32. The molecule has 0 amide bonds. The van der Waals surface area contributed by atoms with Gasteiger partial charge in [-0.2, -0.15) is 0 Å². The molecule has 1 unspecified atom stereocenters. The van der Waals surface area contributed by atoms with Gasteiger partial charge in [0.1, 0.15) is 17.7 Å². The van der Waals surface area contributed by atoms with Crippen molar-refractivity contribution in [2.75, 3.05) is 0 Å². The fourth-order valence-corrected chi connectivity index (χ4v) is 1.99. The number of aromatic nitrogens is 2. The van der Waals surface area contributed by atoms with E-state index in [4.69, 9.17) is 5.11 Å². The van der Waals surface area contributed by atoms with Gasteiger partial charge in [0.15, 0.2) is 0 Å². The molecular formula is C15H16FN3O2. The number of carboxylic acid groups (broad SMARTS) is 1. The maximum atomic E-state index is 12.8. The Morgan fingerprint density at radius 3 is 2.76 bits per heavy atom. The van der Waals surface area contributed by atoms with Gasteiger partial charge in [0.25, 0.3) is 0 Å². The Labute approximate surface area is 121 Å². The summed E-state index contributed by atoms with van der Waals surface area (Å²) < 4.78 is 12.8. The Balaban J connectivity index is 1.93. The van der Waals surface area contributed by atoms with Gasteiger partial charge < -0.3 is 10.4 Å². The minimum absolute atomic E-state index is 0.0963. The van der Waals surface area contributed by atoms with Crippen molar-refractivity contribution < 1.29 is 14.3 Å². The van der Waals surface area contributed by atoms with Crippen LogP contribution in [0.5, 0.6) is 0 Å². The van der Waals surface area contributed by atoms with E-state index < -0.39 is 5.97 Å². The molecule has 0 aliphatic rings. The van der Waals surface area contributed by atoms with Crippen LogP contribution in [0.1, 0.15) is 28.5 Å². The molecule has 5 nitrogen and oxygen atoms in total. The molecule has 2 aromatic rings. The predicted octanol–water partition coefficient (Wildman–Crippen LogP) is 2.03. The molecule has 0 aliphatic carbocycles. The first-order chi connectivity index (χ1) is 10.1. The molecule has 0 bridgehead atoms. The highest BCUT2D eigenvalue weighted by Gasteiger charge is 2.12. The molecule has 0 saturated heterocycles. The molecule has 0 saturated carbocycles. The van der Waals surface area contributed by atoms with Crippen molar-refractivity contribution >= 4 is 5.97 Å². The summed E-state index contributed by atoms with van der Waals surface area (Å²) in [5, 5.41) is 12.3. The predicted molar refractivity (Wildman–Crippen MR) is 75.4 cm³/mol. The lowest BCUT2D eigenvalue weighted by atomic mass is 10.1. The molecule has 0 spiro atoms. The van der Waals surface area contributed by atoms with Gasteiger partial charge >= 0.3 is 5.97 Å². The number of rotatable bonds is 6. The normalized spacial score (nSPS) is 12.1. The zero-order valence-electron chi connectivity index (χ0n) is 11.6. The Kier molecular flexibility index (Phi) is 4.94. The first-order valence-corrected chi connectivity index (χ1v) is 6.56. The fraction of sp³-hybridized carbons (Fsp3) is 0.267. The summed E-state index contributed by atoms with van der Waals surface area (Å²) in [5.74, 6) is -1.30. The Hall–Kier alpha value is -2.34. The summed E-state index contributed by atoms with van der Waals surface area (Å²) in [5.41, 5.74) is 1.56. The molecule has 0 fully saturated rings. The molecule has 110 valence electrons. The third-order valence-corrected chi connectivity index (χ3v) is 3.10. The summed E-state index contributed by atoms with van der Waals surface area (Å²) in [6.07, 6.45) is 3.33.